The highest BCUT2D eigenvalue weighted by molar-refractivity contribution is 5.66. The summed E-state index contributed by atoms with van der Waals surface area (Å²) in [7, 11) is 0. The molecule has 0 heterocycles. The van der Waals surface area contributed by atoms with E-state index in [1.54, 1.807) is 0 Å². The van der Waals surface area contributed by atoms with Gasteiger partial charge < -0.3 is 9.84 Å². The van der Waals surface area contributed by atoms with Crippen molar-refractivity contribution in [3.05, 3.63) is 12.7 Å². The van der Waals surface area contributed by atoms with Crippen LogP contribution in [-0.2, 0) is 9.53 Å². The van der Waals surface area contributed by atoms with E-state index in [2.05, 4.69) is 41.2 Å². The molecule has 3 saturated carbocycles. The van der Waals surface area contributed by atoms with Crippen molar-refractivity contribution in [3.63, 3.8) is 0 Å². The van der Waals surface area contributed by atoms with Crippen LogP contribution in [0.5, 0.6) is 0 Å². The van der Waals surface area contributed by atoms with Crippen molar-refractivity contribution in [3.8, 4) is 0 Å². The second-order valence-electron chi connectivity index (χ2n) is 10.6. The van der Waals surface area contributed by atoms with Crippen molar-refractivity contribution in [2.75, 3.05) is 0 Å². The zero-order valence-corrected chi connectivity index (χ0v) is 17.6. The second-order valence-corrected chi connectivity index (χ2v) is 10.6. The number of esters is 1. The zero-order valence-electron chi connectivity index (χ0n) is 17.6. The molecule has 26 heavy (non-hydrogen) atoms. The molecule has 3 aliphatic carbocycles. The summed E-state index contributed by atoms with van der Waals surface area (Å²) in [6.45, 7) is 17.4. The number of aliphatic hydroxyl groups is 1. The highest BCUT2D eigenvalue weighted by atomic mass is 16.5. The molecule has 148 valence electrons. The van der Waals surface area contributed by atoms with Crippen LogP contribution >= 0.6 is 0 Å². The summed E-state index contributed by atoms with van der Waals surface area (Å²) in [5, 5.41) is 10.8. The van der Waals surface area contributed by atoms with E-state index in [-0.39, 0.29) is 39.8 Å². The van der Waals surface area contributed by atoms with Gasteiger partial charge in [-0.1, -0.05) is 40.7 Å². The van der Waals surface area contributed by atoms with Gasteiger partial charge in [0.1, 0.15) is 6.10 Å². The molecule has 3 heteroatoms. The molecule has 3 rings (SSSR count). The minimum Gasteiger partial charge on any atom is -0.462 e. The summed E-state index contributed by atoms with van der Waals surface area (Å²) in [5.41, 5.74) is 0.0427. The van der Waals surface area contributed by atoms with E-state index in [9.17, 15) is 9.90 Å². The highest BCUT2D eigenvalue weighted by Crippen LogP contribution is 2.71. The van der Waals surface area contributed by atoms with Crippen molar-refractivity contribution in [1.29, 1.82) is 0 Å². The molecule has 0 spiro atoms. The molecular formula is C23H38O3. The van der Waals surface area contributed by atoms with Crippen molar-refractivity contribution in [1.82, 2.24) is 0 Å². The van der Waals surface area contributed by atoms with Crippen LogP contribution in [0, 0.1) is 33.5 Å². The first-order valence-electron chi connectivity index (χ1n) is 10.4. The van der Waals surface area contributed by atoms with Crippen LogP contribution in [0.2, 0.25) is 0 Å². The molecule has 3 fully saturated rings. The Morgan fingerprint density at radius 2 is 1.69 bits per heavy atom. The van der Waals surface area contributed by atoms with Crippen molar-refractivity contribution in [2.45, 2.75) is 92.3 Å². The first-order chi connectivity index (χ1) is 11.9. The molecular weight excluding hydrogens is 324 g/mol. The molecule has 1 N–H and O–H groups in total. The second kappa shape index (κ2) is 6.09. The van der Waals surface area contributed by atoms with Gasteiger partial charge in [-0.2, -0.15) is 0 Å². The van der Waals surface area contributed by atoms with Gasteiger partial charge in [0, 0.05) is 17.8 Å². The van der Waals surface area contributed by atoms with Gasteiger partial charge in [-0.15, -0.1) is 6.58 Å². The summed E-state index contributed by atoms with van der Waals surface area (Å²) in [5.74, 6) is 0.945. The fourth-order valence-corrected chi connectivity index (χ4v) is 7.61. The lowest BCUT2D eigenvalue weighted by atomic mass is 9.36. The van der Waals surface area contributed by atoms with Crippen molar-refractivity contribution in [2.24, 2.45) is 33.5 Å². The molecule has 3 aliphatic rings. The molecule has 0 unspecified atom stereocenters. The third-order valence-electron chi connectivity index (χ3n) is 9.37. The fraction of sp³-hybridized carbons (Fsp3) is 0.870. The van der Waals surface area contributed by atoms with Gasteiger partial charge in [-0.3, -0.25) is 4.79 Å². The van der Waals surface area contributed by atoms with Crippen LogP contribution in [0.1, 0.15) is 80.1 Å². The quantitative estimate of drug-likeness (QED) is 0.547. The summed E-state index contributed by atoms with van der Waals surface area (Å²) in [6.07, 6.45) is 7.97. The number of aliphatic hydroxyl groups excluding tert-OH is 1. The maximum atomic E-state index is 11.6. The Morgan fingerprint density at radius 1 is 1.04 bits per heavy atom. The first kappa shape index (κ1) is 19.9. The van der Waals surface area contributed by atoms with Crippen LogP contribution in [-0.4, -0.2) is 23.3 Å². The van der Waals surface area contributed by atoms with Gasteiger partial charge in [-0.05, 0) is 61.2 Å². The summed E-state index contributed by atoms with van der Waals surface area (Å²) < 4.78 is 5.75. The molecule has 7 atom stereocenters. The van der Waals surface area contributed by atoms with E-state index in [1.807, 2.05) is 6.08 Å². The Hall–Kier alpha value is -0.830. The molecule has 0 aliphatic heterocycles. The number of carbonyl (C=O) groups is 1. The normalized spacial score (nSPS) is 50.3. The molecule has 3 nitrogen and oxygen atoms in total. The molecule has 0 aromatic heterocycles. The first-order valence-corrected chi connectivity index (χ1v) is 10.4. The Labute approximate surface area is 159 Å². The SMILES string of the molecule is C=C[C@]1(C)[C@@H](O)CC[C@H]2[C@@]3(C)CC[C@H](OC(C)=O)C(C)(C)[C@H]3CC[C@]21C. The van der Waals surface area contributed by atoms with Gasteiger partial charge in [0.05, 0.1) is 6.10 Å². The number of hydrogen-bond donors (Lipinski definition) is 1. The summed E-state index contributed by atoms with van der Waals surface area (Å²) in [4.78, 5) is 11.6. The van der Waals surface area contributed by atoms with Gasteiger partial charge >= 0.3 is 5.97 Å². The minimum atomic E-state index is -0.299. The van der Waals surface area contributed by atoms with Crippen LogP contribution in [0.15, 0.2) is 12.7 Å². The molecule has 0 bridgehead atoms. The maximum Gasteiger partial charge on any atom is 0.302 e. The number of carbonyl (C=O) groups excluding carboxylic acids is 1. The molecule has 0 aromatic rings. The Bertz CT molecular complexity index is 596. The number of hydrogen-bond acceptors (Lipinski definition) is 3. The van der Waals surface area contributed by atoms with Crippen LogP contribution in [0.4, 0.5) is 0 Å². The third kappa shape index (κ3) is 2.45. The van der Waals surface area contributed by atoms with Gasteiger partial charge in [0.15, 0.2) is 0 Å². The predicted molar refractivity (Wildman–Crippen MR) is 105 cm³/mol. The van der Waals surface area contributed by atoms with E-state index in [1.165, 1.54) is 6.92 Å². The number of ether oxygens (including phenoxy) is 1. The van der Waals surface area contributed by atoms with E-state index in [0.29, 0.717) is 11.8 Å². The average Bonchev–Trinajstić information content (AvgIpc) is 2.54. The maximum absolute atomic E-state index is 11.6. The molecule has 0 saturated heterocycles. The van der Waals surface area contributed by atoms with Crippen LogP contribution in [0.25, 0.3) is 0 Å². The third-order valence-corrected chi connectivity index (χ3v) is 9.37. The van der Waals surface area contributed by atoms with Gasteiger partial charge in [0.25, 0.3) is 0 Å². The fourth-order valence-electron chi connectivity index (χ4n) is 7.61. The van der Waals surface area contributed by atoms with Gasteiger partial charge in [0.2, 0.25) is 0 Å². The smallest absolute Gasteiger partial charge is 0.302 e. The summed E-state index contributed by atoms with van der Waals surface area (Å²) in [6, 6.07) is 0. The van der Waals surface area contributed by atoms with E-state index in [0.717, 1.165) is 38.5 Å². The number of rotatable bonds is 2. The Balaban J connectivity index is 1.99. The predicted octanol–water partition coefficient (Wildman–Crippen LogP) is 5.12. The monoisotopic (exact) mass is 362 g/mol. The van der Waals surface area contributed by atoms with Gasteiger partial charge in [-0.25, -0.2) is 0 Å². The zero-order chi connectivity index (χ0) is 19.5. The largest absolute Gasteiger partial charge is 0.462 e. The van der Waals surface area contributed by atoms with Crippen molar-refractivity contribution >= 4 is 5.97 Å². The lowest BCUT2D eigenvalue weighted by Gasteiger charge is -2.69. The highest BCUT2D eigenvalue weighted by Gasteiger charge is 2.66. The van der Waals surface area contributed by atoms with E-state index >= 15 is 0 Å². The summed E-state index contributed by atoms with van der Waals surface area (Å²) >= 11 is 0. The molecule has 0 amide bonds. The standard InChI is InChI=1S/C23H38O3/c1-8-22(6)18(25)10-9-17-21(5)13-12-19(26-15(2)24)20(3,4)16(21)11-14-23(17,22)7/h8,16-19,25H,1,9-14H2,2-7H3/t16-,17+,18+,19+,21+,22-,23-/m1/s1. The van der Waals surface area contributed by atoms with Crippen LogP contribution < -0.4 is 0 Å². The van der Waals surface area contributed by atoms with Crippen molar-refractivity contribution < 1.29 is 14.6 Å². The lowest BCUT2D eigenvalue weighted by Crippen LogP contribution is -2.65. The Morgan fingerprint density at radius 3 is 2.27 bits per heavy atom. The van der Waals surface area contributed by atoms with Crippen LogP contribution in [0.3, 0.4) is 0 Å². The molecule has 0 radical (unpaired) electrons. The topological polar surface area (TPSA) is 46.5 Å². The Kier molecular flexibility index (Phi) is 4.66. The van der Waals surface area contributed by atoms with E-state index < -0.39 is 0 Å². The number of fused-ring (bicyclic) bond motifs is 3. The minimum absolute atomic E-state index is 0.0133. The lowest BCUT2D eigenvalue weighted by molar-refractivity contribution is -0.227. The average molecular weight is 363 g/mol. The molecule has 0 aromatic carbocycles. The van der Waals surface area contributed by atoms with E-state index in [4.69, 9.17) is 4.74 Å².